The van der Waals surface area contributed by atoms with Crippen molar-refractivity contribution in [1.29, 1.82) is 0 Å². The molecule has 20 heavy (non-hydrogen) atoms. The lowest BCUT2D eigenvalue weighted by atomic mass is 9.87. The Balaban J connectivity index is 2.34. The molecule has 0 fully saturated rings. The molecule has 0 aromatic heterocycles. The van der Waals surface area contributed by atoms with Crippen molar-refractivity contribution in [2.75, 3.05) is 19.7 Å². The molecule has 4 heteroatoms. The van der Waals surface area contributed by atoms with Crippen LogP contribution in [0.25, 0.3) is 0 Å². The quantitative estimate of drug-likeness (QED) is 0.752. The van der Waals surface area contributed by atoms with E-state index in [1.54, 1.807) is 0 Å². The van der Waals surface area contributed by atoms with Crippen LogP contribution in [0.15, 0.2) is 24.3 Å². The minimum absolute atomic E-state index is 0.0301. The summed E-state index contributed by atoms with van der Waals surface area (Å²) in [5.41, 5.74) is 6.70. The van der Waals surface area contributed by atoms with Crippen LogP contribution in [0.2, 0.25) is 0 Å². The molecular weight excluding hydrogens is 252 g/mol. The summed E-state index contributed by atoms with van der Waals surface area (Å²) in [6, 6.07) is 8.08. The average molecular weight is 278 g/mol. The van der Waals surface area contributed by atoms with Crippen molar-refractivity contribution in [3.63, 3.8) is 0 Å². The highest BCUT2D eigenvalue weighted by Crippen LogP contribution is 2.25. The van der Waals surface area contributed by atoms with E-state index in [9.17, 15) is 4.79 Å². The summed E-state index contributed by atoms with van der Waals surface area (Å²) >= 11 is 0. The Morgan fingerprint density at radius 3 is 2.75 bits per heavy atom. The van der Waals surface area contributed by atoms with Crippen LogP contribution < -0.4 is 15.8 Å². The van der Waals surface area contributed by atoms with Crippen molar-refractivity contribution in [2.24, 2.45) is 5.73 Å². The van der Waals surface area contributed by atoms with Gasteiger partial charge in [0.15, 0.2) is 0 Å². The van der Waals surface area contributed by atoms with Gasteiger partial charge in [0.05, 0.1) is 6.54 Å². The number of carbonyl (C=O) groups excluding carboxylic acids is 1. The van der Waals surface area contributed by atoms with Crippen LogP contribution in [0.5, 0.6) is 5.75 Å². The second-order valence-electron chi connectivity index (χ2n) is 5.87. The smallest absolute Gasteiger partial charge is 0.220 e. The summed E-state index contributed by atoms with van der Waals surface area (Å²) < 4.78 is 5.66. The van der Waals surface area contributed by atoms with Crippen molar-refractivity contribution >= 4 is 5.91 Å². The number of nitrogens with one attached hydrogen (secondary N) is 1. The van der Waals surface area contributed by atoms with Crippen molar-refractivity contribution in [3.05, 3.63) is 29.8 Å². The highest BCUT2D eigenvalue weighted by Gasteiger charge is 2.13. The van der Waals surface area contributed by atoms with Crippen molar-refractivity contribution in [1.82, 2.24) is 5.32 Å². The molecule has 1 rings (SSSR count). The van der Waals surface area contributed by atoms with E-state index >= 15 is 0 Å². The monoisotopic (exact) mass is 278 g/mol. The van der Waals surface area contributed by atoms with Crippen LogP contribution >= 0.6 is 0 Å². The summed E-state index contributed by atoms with van der Waals surface area (Å²) in [7, 11) is 0. The van der Waals surface area contributed by atoms with Gasteiger partial charge in [0, 0.05) is 6.42 Å². The molecule has 0 heterocycles. The molecule has 1 amide bonds. The third kappa shape index (κ3) is 6.06. The fraction of sp³-hybridized carbons (Fsp3) is 0.562. The van der Waals surface area contributed by atoms with Gasteiger partial charge >= 0.3 is 0 Å². The predicted octanol–water partition coefficient (Wildman–Crippen LogP) is 2.22. The first kappa shape index (κ1) is 16.5. The molecule has 0 spiro atoms. The summed E-state index contributed by atoms with van der Waals surface area (Å²) in [6.07, 6.45) is 1.20. The Morgan fingerprint density at radius 1 is 1.35 bits per heavy atom. The minimum atomic E-state index is 0.0301. The zero-order valence-electron chi connectivity index (χ0n) is 12.7. The van der Waals surface area contributed by atoms with Crippen molar-refractivity contribution in [3.8, 4) is 5.75 Å². The predicted molar refractivity (Wildman–Crippen MR) is 81.9 cm³/mol. The molecule has 0 radical (unpaired) electrons. The number of rotatable bonds is 7. The zero-order chi connectivity index (χ0) is 15.0. The molecule has 112 valence electrons. The van der Waals surface area contributed by atoms with E-state index < -0.39 is 0 Å². The van der Waals surface area contributed by atoms with Crippen LogP contribution in [0.3, 0.4) is 0 Å². The Bertz CT molecular complexity index is 425. The van der Waals surface area contributed by atoms with Crippen LogP contribution in [0, 0.1) is 0 Å². The first-order chi connectivity index (χ1) is 9.43. The number of benzene rings is 1. The molecule has 0 aliphatic rings. The Hall–Kier alpha value is -1.55. The highest BCUT2D eigenvalue weighted by molar-refractivity contribution is 5.75. The molecular formula is C16H26N2O2. The molecule has 3 N–H and O–H groups in total. The zero-order valence-corrected chi connectivity index (χ0v) is 12.7. The van der Waals surface area contributed by atoms with E-state index in [0.29, 0.717) is 26.1 Å². The largest absolute Gasteiger partial charge is 0.492 e. The van der Waals surface area contributed by atoms with Gasteiger partial charge in [0.2, 0.25) is 5.91 Å². The van der Waals surface area contributed by atoms with Gasteiger partial charge in [-0.1, -0.05) is 32.9 Å². The second kappa shape index (κ2) is 7.90. The van der Waals surface area contributed by atoms with Crippen molar-refractivity contribution < 1.29 is 9.53 Å². The molecule has 0 aliphatic heterocycles. The second-order valence-corrected chi connectivity index (χ2v) is 5.87. The molecule has 0 saturated carbocycles. The van der Waals surface area contributed by atoms with Gasteiger partial charge in [0.1, 0.15) is 12.4 Å². The minimum Gasteiger partial charge on any atom is -0.492 e. The average Bonchev–Trinajstić information content (AvgIpc) is 2.41. The van der Waals surface area contributed by atoms with E-state index in [1.165, 1.54) is 5.56 Å². The van der Waals surface area contributed by atoms with Crippen molar-refractivity contribution in [2.45, 2.75) is 39.0 Å². The number of carbonyl (C=O) groups is 1. The Morgan fingerprint density at radius 2 is 2.10 bits per heavy atom. The van der Waals surface area contributed by atoms with Gasteiger partial charge in [-0.2, -0.15) is 0 Å². The number of amides is 1. The van der Waals surface area contributed by atoms with E-state index in [2.05, 4.69) is 38.2 Å². The SMILES string of the molecule is CC(C)(C)c1cccc(OCCNC(=O)CCCN)c1. The fourth-order valence-corrected chi connectivity index (χ4v) is 1.76. The number of ether oxygens (including phenoxy) is 1. The molecule has 4 nitrogen and oxygen atoms in total. The third-order valence-corrected chi connectivity index (χ3v) is 3.00. The van der Waals surface area contributed by atoms with E-state index in [0.717, 1.165) is 12.2 Å². The molecule has 1 aromatic rings. The summed E-state index contributed by atoms with van der Waals surface area (Å²) in [5.74, 6) is 0.871. The summed E-state index contributed by atoms with van der Waals surface area (Å²) in [5, 5.41) is 2.81. The molecule has 0 unspecified atom stereocenters. The lowest BCUT2D eigenvalue weighted by Crippen LogP contribution is -2.28. The van der Waals surface area contributed by atoms with E-state index in [-0.39, 0.29) is 11.3 Å². The fourth-order valence-electron chi connectivity index (χ4n) is 1.76. The van der Waals surface area contributed by atoms with Gasteiger partial charge in [-0.05, 0) is 36.1 Å². The van der Waals surface area contributed by atoms with Gasteiger partial charge < -0.3 is 15.8 Å². The number of nitrogens with two attached hydrogens (primary N) is 1. The van der Waals surface area contributed by atoms with E-state index in [1.807, 2.05) is 12.1 Å². The first-order valence-electron chi connectivity index (χ1n) is 7.13. The number of hydrogen-bond donors (Lipinski definition) is 2. The number of hydrogen-bond acceptors (Lipinski definition) is 3. The lowest BCUT2D eigenvalue weighted by molar-refractivity contribution is -0.121. The maximum Gasteiger partial charge on any atom is 0.220 e. The Kier molecular flexibility index (Phi) is 6.52. The highest BCUT2D eigenvalue weighted by atomic mass is 16.5. The van der Waals surface area contributed by atoms with Crippen LogP contribution in [0.4, 0.5) is 0 Å². The van der Waals surface area contributed by atoms with Crippen LogP contribution in [0.1, 0.15) is 39.2 Å². The summed E-state index contributed by atoms with van der Waals surface area (Å²) in [4.78, 5) is 11.4. The van der Waals surface area contributed by atoms with Gasteiger partial charge in [-0.25, -0.2) is 0 Å². The molecule has 0 atom stereocenters. The first-order valence-corrected chi connectivity index (χ1v) is 7.13. The van der Waals surface area contributed by atoms with Crippen LogP contribution in [-0.2, 0) is 10.2 Å². The van der Waals surface area contributed by atoms with Gasteiger partial charge in [-0.15, -0.1) is 0 Å². The molecule has 0 saturated heterocycles. The standard InChI is InChI=1S/C16H26N2O2/c1-16(2,3)13-6-4-7-14(12-13)20-11-10-18-15(19)8-5-9-17/h4,6-7,12H,5,8-11,17H2,1-3H3,(H,18,19). The lowest BCUT2D eigenvalue weighted by Gasteiger charge is -2.19. The normalized spacial score (nSPS) is 11.2. The topological polar surface area (TPSA) is 64.3 Å². The van der Waals surface area contributed by atoms with Gasteiger partial charge in [0.25, 0.3) is 0 Å². The maximum absolute atomic E-state index is 11.4. The Labute approximate surface area is 121 Å². The van der Waals surface area contributed by atoms with Crippen LogP contribution in [-0.4, -0.2) is 25.6 Å². The van der Waals surface area contributed by atoms with E-state index in [4.69, 9.17) is 10.5 Å². The molecule has 1 aromatic carbocycles. The molecule has 0 aliphatic carbocycles. The molecule has 0 bridgehead atoms. The maximum atomic E-state index is 11.4. The van der Waals surface area contributed by atoms with Gasteiger partial charge in [-0.3, -0.25) is 4.79 Å². The summed E-state index contributed by atoms with van der Waals surface area (Å²) in [6.45, 7) is 8.05. The third-order valence-electron chi connectivity index (χ3n) is 3.00.